The van der Waals surface area contributed by atoms with Crippen molar-refractivity contribution in [3.8, 4) is 11.3 Å². The lowest BCUT2D eigenvalue weighted by Gasteiger charge is -2.04. The van der Waals surface area contributed by atoms with Gasteiger partial charge in [0, 0.05) is 20.3 Å². The topological polar surface area (TPSA) is 30.2 Å². The van der Waals surface area contributed by atoms with E-state index in [-0.39, 0.29) is 5.82 Å². The molecule has 5 heteroatoms. The summed E-state index contributed by atoms with van der Waals surface area (Å²) in [5.41, 5.74) is 1.33. The Morgan fingerprint density at radius 3 is 2.36 bits per heavy atom. The van der Waals surface area contributed by atoms with Crippen LogP contribution in [-0.4, -0.2) is 4.21 Å². The van der Waals surface area contributed by atoms with E-state index in [1.54, 1.807) is 12.1 Å². The zero-order chi connectivity index (χ0) is 17.4. The Morgan fingerprint density at radius 1 is 0.920 bits per heavy atom. The van der Waals surface area contributed by atoms with Crippen LogP contribution in [0.5, 0.6) is 0 Å². The van der Waals surface area contributed by atoms with Crippen molar-refractivity contribution in [2.24, 2.45) is 0 Å². The number of furan rings is 1. The summed E-state index contributed by atoms with van der Waals surface area (Å²) in [5, 5.41) is 0.774. The molecule has 0 spiro atoms. The van der Waals surface area contributed by atoms with E-state index in [0.717, 1.165) is 9.86 Å². The van der Waals surface area contributed by atoms with Gasteiger partial charge in [0.1, 0.15) is 11.4 Å². The van der Waals surface area contributed by atoms with Crippen LogP contribution in [0.4, 0.5) is 4.39 Å². The maximum atomic E-state index is 13.3. The van der Waals surface area contributed by atoms with Crippen LogP contribution < -0.4 is 0 Å². The van der Waals surface area contributed by atoms with Gasteiger partial charge in [-0.25, -0.2) is 8.60 Å². The maximum Gasteiger partial charge on any atom is 0.151 e. The minimum absolute atomic E-state index is 0.326. The fourth-order valence-corrected chi connectivity index (χ4v) is 4.37. The molecule has 0 N–H and O–H groups in total. The highest BCUT2D eigenvalue weighted by atomic mass is 79.9. The highest BCUT2D eigenvalue weighted by Crippen LogP contribution is 2.39. The molecule has 0 aliphatic carbocycles. The van der Waals surface area contributed by atoms with Crippen LogP contribution in [0.2, 0.25) is 0 Å². The molecule has 0 amide bonds. The lowest BCUT2D eigenvalue weighted by Crippen LogP contribution is -1.94. The molecule has 0 aliphatic rings. The Balaban J connectivity index is 1.99. The van der Waals surface area contributed by atoms with Crippen LogP contribution in [0, 0.1) is 5.82 Å². The first-order valence-electron chi connectivity index (χ1n) is 7.58. The largest absolute Gasteiger partial charge is 0.455 e. The summed E-state index contributed by atoms with van der Waals surface area (Å²) in [6.07, 6.45) is 0. The van der Waals surface area contributed by atoms with Crippen LogP contribution in [0.15, 0.2) is 91.5 Å². The minimum atomic E-state index is -1.42. The second kappa shape index (κ2) is 6.58. The van der Waals surface area contributed by atoms with Gasteiger partial charge in [-0.1, -0.05) is 34.1 Å². The monoisotopic (exact) mass is 414 g/mol. The quantitative estimate of drug-likeness (QED) is 0.401. The van der Waals surface area contributed by atoms with Gasteiger partial charge in [-0.3, -0.25) is 0 Å². The van der Waals surface area contributed by atoms with Gasteiger partial charge in [0.25, 0.3) is 0 Å². The van der Waals surface area contributed by atoms with E-state index in [0.29, 0.717) is 26.7 Å². The van der Waals surface area contributed by atoms with Crippen molar-refractivity contribution < 1.29 is 13.0 Å². The van der Waals surface area contributed by atoms with E-state index in [9.17, 15) is 8.60 Å². The summed E-state index contributed by atoms with van der Waals surface area (Å²) in [6, 6.07) is 20.8. The van der Waals surface area contributed by atoms with Gasteiger partial charge in [-0.05, 0) is 54.6 Å². The first kappa shape index (κ1) is 16.2. The predicted molar refractivity (Wildman–Crippen MR) is 100 cm³/mol. The van der Waals surface area contributed by atoms with E-state index >= 15 is 0 Å². The molecule has 4 aromatic rings. The van der Waals surface area contributed by atoms with Crippen molar-refractivity contribution in [2.75, 3.05) is 0 Å². The molecule has 0 radical (unpaired) electrons. The summed E-state index contributed by atoms with van der Waals surface area (Å²) in [5.74, 6) is 0.170. The molecule has 0 saturated heterocycles. The Labute approximate surface area is 154 Å². The molecule has 1 atom stereocenters. The minimum Gasteiger partial charge on any atom is -0.455 e. The van der Waals surface area contributed by atoms with Crippen molar-refractivity contribution in [3.63, 3.8) is 0 Å². The Hall–Kier alpha value is -2.24. The Morgan fingerprint density at radius 2 is 1.64 bits per heavy atom. The zero-order valence-electron chi connectivity index (χ0n) is 12.9. The number of fused-ring (bicyclic) bond motifs is 1. The molecule has 0 bridgehead atoms. The molecule has 124 valence electrons. The van der Waals surface area contributed by atoms with Gasteiger partial charge in [0.2, 0.25) is 0 Å². The van der Waals surface area contributed by atoms with Crippen LogP contribution in [0.3, 0.4) is 0 Å². The van der Waals surface area contributed by atoms with Crippen molar-refractivity contribution in [3.05, 3.63) is 83.1 Å². The lowest BCUT2D eigenvalue weighted by molar-refractivity contribution is 0.618. The molecule has 3 aromatic carbocycles. The van der Waals surface area contributed by atoms with Gasteiger partial charge < -0.3 is 4.42 Å². The second-order valence-corrected chi connectivity index (χ2v) is 7.82. The number of rotatable bonds is 3. The Bertz CT molecular complexity index is 1070. The zero-order valence-corrected chi connectivity index (χ0v) is 15.3. The highest BCUT2D eigenvalue weighted by Gasteiger charge is 2.22. The number of halogens is 2. The van der Waals surface area contributed by atoms with Gasteiger partial charge in [0.05, 0.1) is 15.7 Å². The average molecular weight is 415 g/mol. The second-order valence-electron chi connectivity index (χ2n) is 5.49. The highest BCUT2D eigenvalue weighted by molar-refractivity contribution is 9.10. The van der Waals surface area contributed by atoms with Crippen LogP contribution in [0.25, 0.3) is 22.3 Å². The molecule has 0 aliphatic heterocycles. The molecule has 25 heavy (non-hydrogen) atoms. The van der Waals surface area contributed by atoms with Gasteiger partial charge >= 0.3 is 0 Å². The molecule has 1 heterocycles. The fraction of sp³-hybridized carbons (Fsp3) is 0. The molecule has 1 unspecified atom stereocenters. The van der Waals surface area contributed by atoms with E-state index in [1.165, 1.54) is 12.1 Å². The molecule has 1 aromatic heterocycles. The maximum absolute atomic E-state index is 13.3. The van der Waals surface area contributed by atoms with E-state index < -0.39 is 10.8 Å². The molecule has 2 nitrogen and oxygen atoms in total. The normalized spacial score (nSPS) is 12.4. The van der Waals surface area contributed by atoms with Gasteiger partial charge in [-0.15, -0.1) is 0 Å². The fourth-order valence-electron chi connectivity index (χ4n) is 2.68. The summed E-state index contributed by atoms with van der Waals surface area (Å²) < 4.78 is 33.4. The SMILES string of the molecule is O=S(c1ccccc1)c1c(-c2ccc(F)cc2)oc2ccc(Br)cc12. The Kier molecular flexibility index (Phi) is 4.27. The molecule has 0 fully saturated rings. The molecular weight excluding hydrogens is 403 g/mol. The summed E-state index contributed by atoms with van der Waals surface area (Å²) >= 11 is 3.46. The van der Waals surface area contributed by atoms with Crippen molar-refractivity contribution in [2.45, 2.75) is 9.79 Å². The van der Waals surface area contributed by atoms with Crippen LogP contribution in [0.1, 0.15) is 0 Å². The number of hydrogen-bond donors (Lipinski definition) is 0. The van der Waals surface area contributed by atoms with Crippen LogP contribution >= 0.6 is 15.9 Å². The third-order valence-electron chi connectivity index (χ3n) is 3.85. The summed E-state index contributed by atoms with van der Waals surface area (Å²) in [6.45, 7) is 0. The average Bonchev–Trinajstić information content (AvgIpc) is 3.01. The molecule has 4 rings (SSSR count). The number of hydrogen-bond acceptors (Lipinski definition) is 2. The van der Waals surface area contributed by atoms with Gasteiger partial charge in [0.15, 0.2) is 5.76 Å². The summed E-state index contributed by atoms with van der Waals surface area (Å²) in [7, 11) is -1.42. The first-order chi connectivity index (χ1) is 12.1. The summed E-state index contributed by atoms with van der Waals surface area (Å²) in [4.78, 5) is 1.28. The smallest absolute Gasteiger partial charge is 0.151 e. The number of benzene rings is 3. The van der Waals surface area contributed by atoms with Crippen LogP contribution in [-0.2, 0) is 10.8 Å². The third-order valence-corrected chi connectivity index (χ3v) is 5.82. The van der Waals surface area contributed by atoms with Crippen molar-refractivity contribution in [1.29, 1.82) is 0 Å². The standard InChI is InChI=1S/C20H12BrFO2S/c21-14-8-11-18-17(12-14)20(25(23)16-4-2-1-3-5-16)19(24-18)13-6-9-15(22)10-7-13/h1-12H. The van der Waals surface area contributed by atoms with Crippen molar-refractivity contribution in [1.82, 2.24) is 0 Å². The third kappa shape index (κ3) is 3.05. The van der Waals surface area contributed by atoms with E-state index in [2.05, 4.69) is 15.9 Å². The van der Waals surface area contributed by atoms with E-state index in [4.69, 9.17) is 4.42 Å². The van der Waals surface area contributed by atoms with Crippen molar-refractivity contribution >= 4 is 37.7 Å². The van der Waals surface area contributed by atoms with E-state index in [1.807, 2.05) is 48.5 Å². The van der Waals surface area contributed by atoms with Gasteiger partial charge in [-0.2, -0.15) is 0 Å². The lowest BCUT2D eigenvalue weighted by atomic mass is 10.1. The predicted octanol–water partition coefficient (Wildman–Crippen LogP) is 6.17. The molecule has 0 saturated carbocycles. The first-order valence-corrected chi connectivity index (χ1v) is 9.52. The molecular formula is C20H12BrFO2S.